The molecule has 0 bridgehead atoms. The van der Waals surface area contributed by atoms with Crippen LogP contribution in [0.1, 0.15) is 6.42 Å². The number of hydrogen-bond donors (Lipinski definition) is 2. The molecule has 8 heteroatoms. The highest BCUT2D eigenvalue weighted by molar-refractivity contribution is 5.90. The second kappa shape index (κ2) is 9.43. The van der Waals surface area contributed by atoms with Gasteiger partial charge in [-0.25, -0.2) is 0 Å². The highest BCUT2D eigenvalue weighted by Crippen LogP contribution is 2.08. The lowest BCUT2D eigenvalue weighted by molar-refractivity contribution is -0.131. The van der Waals surface area contributed by atoms with E-state index in [1.54, 1.807) is 18.1 Å². The standard InChI is InChI=1S/C17H22N4O4/c1-20(8-10-25-15-5-3-2-4-6-15)17(24)13-21-12-14(11-18-21)19-16(23)7-9-22/h2-6,11-12,22H,7-10,13H2,1H3,(H,19,23). The molecular weight excluding hydrogens is 324 g/mol. The molecule has 134 valence electrons. The monoisotopic (exact) mass is 346 g/mol. The number of rotatable bonds is 9. The highest BCUT2D eigenvalue weighted by Gasteiger charge is 2.11. The van der Waals surface area contributed by atoms with E-state index in [1.165, 1.54) is 10.9 Å². The van der Waals surface area contributed by atoms with E-state index >= 15 is 0 Å². The van der Waals surface area contributed by atoms with Gasteiger partial charge in [0.2, 0.25) is 11.8 Å². The number of benzene rings is 1. The largest absolute Gasteiger partial charge is 0.492 e. The van der Waals surface area contributed by atoms with Crippen LogP contribution in [0.15, 0.2) is 42.7 Å². The number of aliphatic hydroxyl groups is 1. The van der Waals surface area contributed by atoms with Crippen LogP contribution in [0.2, 0.25) is 0 Å². The summed E-state index contributed by atoms with van der Waals surface area (Å²) in [5.74, 6) is 0.343. The highest BCUT2D eigenvalue weighted by atomic mass is 16.5. The quantitative estimate of drug-likeness (QED) is 0.698. The Morgan fingerprint density at radius 3 is 2.80 bits per heavy atom. The Morgan fingerprint density at radius 2 is 2.08 bits per heavy atom. The first kappa shape index (κ1) is 18.5. The molecule has 2 amide bonds. The van der Waals surface area contributed by atoms with Crippen LogP contribution in [-0.2, 0) is 16.1 Å². The molecule has 0 spiro atoms. The molecule has 1 aromatic carbocycles. The van der Waals surface area contributed by atoms with Crippen LogP contribution in [0, 0.1) is 0 Å². The molecule has 0 radical (unpaired) electrons. The number of para-hydroxylation sites is 1. The lowest BCUT2D eigenvalue weighted by Gasteiger charge is -2.17. The van der Waals surface area contributed by atoms with Crippen molar-refractivity contribution in [3.8, 4) is 5.75 Å². The van der Waals surface area contributed by atoms with E-state index in [2.05, 4.69) is 10.4 Å². The fourth-order valence-corrected chi connectivity index (χ4v) is 2.04. The average molecular weight is 346 g/mol. The van der Waals surface area contributed by atoms with E-state index in [0.717, 1.165) is 5.75 Å². The minimum Gasteiger partial charge on any atom is -0.492 e. The number of nitrogens with one attached hydrogen (secondary N) is 1. The molecule has 0 saturated heterocycles. The summed E-state index contributed by atoms with van der Waals surface area (Å²) in [4.78, 5) is 25.1. The van der Waals surface area contributed by atoms with Crippen molar-refractivity contribution in [1.29, 1.82) is 0 Å². The number of hydrogen-bond acceptors (Lipinski definition) is 5. The Balaban J connectivity index is 1.75. The van der Waals surface area contributed by atoms with E-state index < -0.39 is 0 Å². The summed E-state index contributed by atoms with van der Waals surface area (Å²) in [5, 5.41) is 15.3. The van der Waals surface area contributed by atoms with Crippen molar-refractivity contribution in [2.45, 2.75) is 13.0 Å². The average Bonchev–Trinajstić information content (AvgIpc) is 3.02. The van der Waals surface area contributed by atoms with Crippen molar-refractivity contribution in [3.05, 3.63) is 42.7 Å². The SMILES string of the molecule is CN(CCOc1ccccc1)C(=O)Cn1cc(NC(=O)CCO)cn1. The van der Waals surface area contributed by atoms with Gasteiger partial charge in [-0.05, 0) is 12.1 Å². The van der Waals surface area contributed by atoms with E-state index in [4.69, 9.17) is 9.84 Å². The zero-order chi connectivity index (χ0) is 18.1. The predicted octanol–water partition coefficient (Wildman–Crippen LogP) is 0.741. The summed E-state index contributed by atoms with van der Waals surface area (Å²) >= 11 is 0. The summed E-state index contributed by atoms with van der Waals surface area (Å²) in [7, 11) is 1.70. The second-order valence-corrected chi connectivity index (χ2v) is 5.43. The Labute approximate surface area is 146 Å². The molecule has 0 saturated carbocycles. The Morgan fingerprint density at radius 1 is 1.32 bits per heavy atom. The molecule has 0 atom stereocenters. The van der Waals surface area contributed by atoms with Gasteiger partial charge in [0.1, 0.15) is 18.9 Å². The summed E-state index contributed by atoms with van der Waals surface area (Å²) in [6.07, 6.45) is 3.05. The van der Waals surface area contributed by atoms with Crippen LogP contribution in [0.3, 0.4) is 0 Å². The van der Waals surface area contributed by atoms with Crippen molar-refractivity contribution in [1.82, 2.24) is 14.7 Å². The number of ether oxygens (including phenoxy) is 1. The molecule has 2 rings (SSSR count). The summed E-state index contributed by atoms with van der Waals surface area (Å²) in [5.41, 5.74) is 0.487. The second-order valence-electron chi connectivity index (χ2n) is 5.43. The first-order valence-electron chi connectivity index (χ1n) is 7.93. The number of aromatic nitrogens is 2. The maximum atomic E-state index is 12.2. The van der Waals surface area contributed by atoms with Crippen molar-refractivity contribution in [3.63, 3.8) is 0 Å². The van der Waals surface area contributed by atoms with E-state index in [1.807, 2.05) is 30.3 Å². The molecule has 2 aromatic rings. The first-order valence-corrected chi connectivity index (χ1v) is 7.93. The van der Waals surface area contributed by atoms with Crippen LogP contribution in [0.5, 0.6) is 5.75 Å². The van der Waals surface area contributed by atoms with Crippen LogP contribution in [-0.4, -0.2) is 58.4 Å². The van der Waals surface area contributed by atoms with E-state index in [0.29, 0.717) is 18.8 Å². The van der Waals surface area contributed by atoms with Gasteiger partial charge in [0.25, 0.3) is 0 Å². The molecule has 0 aliphatic carbocycles. The first-order chi connectivity index (χ1) is 12.1. The Kier molecular flexibility index (Phi) is 6.97. The van der Waals surface area contributed by atoms with Gasteiger partial charge >= 0.3 is 0 Å². The molecule has 25 heavy (non-hydrogen) atoms. The molecule has 1 heterocycles. The number of amides is 2. The zero-order valence-corrected chi connectivity index (χ0v) is 14.1. The van der Waals surface area contributed by atoms with Gasteiger partial charge in [-0.3, -0.25) is 14.3 Å². The third-order valence-electron chi connectivity index (χ3n) is 3.42. The van der Waals surface area contributed by atoms with Gasteiger partial charge in [0.15, 0.2) is 0 Å². The van der Waals surface area contributed by atoms with Crippen LogP contribution < -0.4 is 10.1 Å². The van der Waals surface area contributed by atoms with E-state index in [-0.39, 0.29) is 31.4 Å². The summed E-state index contributed by atoms with van der Waals surface area (Å²) < 4.78 is 7.01. The van der Waals surface area contributed by atoms with Gasteiger partial charge in [-0.2, -0.15) is 5.10 Å². The normalized spacial score (nSPS) is 10.3. The third kappa shape index (κ3) is 6.27. The zero-order valence-electron chi connectivity index (χ0n) is 14.1. The molecule has 0 fully saturated rings. The van der Waals surface area contributed by atoms with E-state index in [9.17, 15) is 9.59 Å². The van der Waals surface area contributed by atoms with Crippen molar-refractivity contribution in [2.75, 3.05) is 32.1 Å². The minimum atomic E-state index is -0.302. The number of carbonyl (C=O) groups is 2. The Hall–Kier alpha value is -2.87. The van der Waals surface area contributed by atoms with Crippen molar-refractivity contribution >= 4 is 17.5 Å². The number of nitrogens with zero attached hydrogens (tertiary/aromatic N) is 3. The predicted molar refractivity (Wildman–Crippen MR) is 92.1 cm³/mol. The van der Waals surface area contributed by atoms with Crippen LogP contribution >= 0.6 is 0 Å². The van der Waals surface area contributed by atoms with Gasteiger partial charge in [0, 0.05) is 13.2 Å². The number of likely N-dealkylation sites (N-methyl/N-ethyl adjacent to an activating group) is 1. The lowest BCUT2D eigenvalue weighted by Crippen LogP contribution is -2.33. The molecular formula is C17H22N4O4. The lowest BCUT2D eigenvalue weighted by atomic mass is 10.3. The third-order valence-corrected chi connectivity index (χ3v) is 3.42. The molecule has 0 aliphatic rings. The Bertz CT molecular complexity index is 687. The maximum absolute atomic E-state index is 12.2. The fourth-order valence-electron chi connectivity index (χ4n) is 2.04. The molecule has 8 nitrogen and oxygen atoms in total. The van der Waals surface area contributed by atoms with Crippen molar-refractivity contribution < 1.29 is 19.4 Å². The molecule has 2 N–H and O–H groups in total. The fraction of sp³-hybridized carbons (Fsp3) is 0.353. The van der Waals surface area contributed by atoms with Crippen LogP contribution in [0.25, 0.3) is 0 Å². The number of aliphatic hydroxyl groups excluding tert-OH is 1. The molecule has 1 aromatic heterocycles. The maximum Gasteiger partial charge on any atom is 0.244 e. The van der Waals surface area contributed by atoms with Gasteiger partial charge in [0.05, 0.1) is 31.5 Å². The number of anilines is 1. The smallest absolute Gasteiger partial charge is 0.244 e. The number of carbonyl (C=O) groups excluding carboxylic acids is 2. The minimum absolute atomic E-state index is 0.0221. The molecule has 0 unspecified atom stereocenters. The topological polar surface area (TPSA) is 96.7 Å². The van der Waals surface area contributed by atoms with Crippen LogP contribution in [0.4, 0.5) is 5.69 Å². The van der Waals surface area contributed by atoms with Gasteiger partial charge in [-0.15, -0.1) is 0 Å². The molecule has 0 aliphatic heterocycles. The van der Waals surface area contributed by atoms with Crippen molar-refractivity contribution in [2.24, 2.45) is 0 Å². The summed E-state index contributed by atoms with van der Waals surface area (Å²) in [6, 6.07) is 9.40. The van der Waals surface area contributed by atoms with Gasteiger partial charge in [-0.1, -0.05) is 18.2 Å². The van der Waals surface area contributed by atoms with Gasteiger partial charge < -0.3 is 20.1 Å². The summed E-state index contributed by atoms with van der Waals surface area (Å²) in [6.45, 7) is 0.703.